The highest BCUT2D eigenvalue weighted by Gasteiger charge is 2.36. The molecule has 22 heavy (non-hydrogen) atoms. The molecule has 1 saturated heterocycles. The van der Waals surface area contributed by atoms with E-state index in [1.807, 2.05) is 32.0 Å². The number of hydrogen-bond acceptors (Lipinski definition) is 2. The maximum Gasteiger partial charge on any atom is 0.227 e. The van der Waals surface area contributed by atoms with Crippen LogP contribution in [0.5, 0.6) is 0 Å². The van der Waals surface area contributed by atoms with E-state index in [2.05, 4.69) is 25.2 Å². The topological polar surface area (TPSA) is 49.4 Å². The number of nitrogens with one attached hydrogen (secondary N) is 1. The molecule has 2 rings (SSSR count). The monoisotopic (exact) mass is 302 g/mol. The van der Waals surface area contributed by atoms with Crippen molar-refractivity contribution in [3.05, 3.63) is 29.8 Å². The molecule has 0 spiro atoms. The molecule has 120 valence electrons. The third-order valence-corrected chi connectivity index (χ3v) is 4.30. The summed E-state index contributed by atoms with van der Waals surface area (Å²) in [5, 5.41) is 2.91. The van der Waals surface area contributed by atoms with Gasteiger partial charge in [0.2, 0.25) is 11.8 Å². The molecule has 2 unspecified atom stereocenters. The summed E-state index contributed by atoms with van der Waals surface area (Å²) in [5.41, 5.74) is 2.14. The van der Waals surface area contributed by atoms with Crippen LogP contribution in [0.15, 0.2) is 24.3 Å². The average Bonchev–Trinajstić information content (AvgIpc) is 2.88. The zero-order valence-corrected chi connectivity index (χ0v) is 13.9. The zero-order chi connectivity index (χ0) is 16.3. The van der Waals surface area contributed by atoms with Crippen LogP contribution >= 0.6 is 0 Å². The minimum absolute atomic E-state index is 0.0214. The van der Waals surface area contributed by atoms with Gasteiger partial charge in [0.15, 0.2) is 0 Å². The molecule has 0 aliphatic carbocycles. The van der Waals surface area contributed by atoms with Crippen molar-refractivity contribution >= 4 is 17.5 Å². The Morgan fingerprint density at radius 2 is 2.00 bits per heavy atom. The number of carbonyl (C=O) groups excluding carboxylic acids is 2. The van der Waals surface area contributed by atoms with Crippen molar-refractivity contribution in [2.45, 2.75) is 52.5 Å². The molecule has 1 fully saturated rings. The van der Waals surface area contributed by atoms with Crippen molar-refractivity contribution in [3.63, 3.8) is 0 Å². The molecule has 0 bridgehead atoms. The lowest BCUT2D eigenvalue weighted by Gasteiger charge is -2.23. The molecule has 4 heteroatoms. The molecule has 2 atom stereocenters. The van der Waals surface area contributed by atoms with Gasteiger partial charge in [-0.1, -0.05) is 32.0 Å². The van der Waals surface area contributed by atoms with Gasteiger partial charge in [0, 0.05) is 24.7 Å². The smallest absolute Gasteiger partial charge is 0.227 e. The number of benzene rings is 1. The molecule has 1 aliphatic rings. The molecular formula is C18H26N2O2. The second-order valence-electron chi connectivity index (χ2n) is 6.44. The van der Waals surface area contributed by atoms with Crippen LogP contribution in [-0.2, 0) is 9.59 Å². The summed E-state index contributed by atoms with van der Waals surface area (Å²) in [6.45, 7) is 8.66. The van der Waals surface area contributed by atoms with Gasteiger partial charge in [0.1, 0.15) is 0 Å². The van der Waals surface area contributed by atoms with Gasteiger partial charge in [-0.05, 0) is 37.8 Å². The van der Waals surface area contributed by atoms with Crippen molar-refractivity contribution in [1.82, 2.24) is 5.32 Å². The van der Waals surface area contributed by atoms with Gasteiger partial charge in [0.05, 0.1) is 5.92 Å². The van der Waals surface area contributed by atoms with Crippen LogP contribution in [0.3, 0.4) is 0 Å². The fourth-order valence-corrected chi connectivity index (χ4v) is 2.89. The zero-order valence-electron chi connectivity index (χ0n) is 13.9. The molecule has 4 nitrogen and oxygen atoms in total. The first-order valence-corrected chi connectivity index (χ1v) is 8.13. The highest BCUT2D eigenvalue weighted by molar-refractivity contribution is 6.00. The standard InChI is InChI=1S/C18H26N2O2/c1-5-13(4)15-8-6-7-9-16(15)20-11-14(10-17(20)21)18(22)19-12(2)3/h6-9,12-14H,5,10-11H2,1-4H3,(H,19,22). The molecule has 1 heterocycles. The molecule has 0 aromatic heterocycles. The Bertz CT molecular complexity index is 554. The van der Waals surface area contributed by atoms with E-state index in [9.17, 15) is 9.59 Å². The summed E-state index contributed by atoms with van der Waals surface area (Å²) in [4.78, 5) is 26.3. The molecule has 1 aliphatic heterocycles. The number of anilines is 1. The van der Waals surface area contributed by atoms with Gasteiger partial charge >= 0.3 is 0 Å². The molecular weight excluding hydrogens is 276 g/mol. The Morgan fingerprint density at radius 1 is 1.32 bits per heavy atom. The van der Waals surface area contributed by atoms with Crippen molar-refractivity contribution in [2.24, 2.45) is 5.92 Å². The predicted octanol–water partition coefficient (Wildman–Crippen LogP) is 3.08. The largest absolute Gasteiger partial charge is 0.354 e. The maximum absolute atomic E-state index is 12.4. The Morgan fingerprint density at radius 3 is 2.64 bits per heavy atom. The van der Waals surface area contributed by atoms with Crippen LogP contribution in [0.1, 0.15) is 52.0 Å². The van der Waals surface area contributed by atoms with Crippen LogP contribution in [0.2, 0.25) is 0 Å². The number of para-hydroxylation sites is 1. The number of nitrogens with zero attached hydrogens (tertiary/aromatic N) is 1. The lowest BCUT2D eigenvalue weighted by atomic mass is 9.96. The number of amides is 2. The highest BCUT2D eigenvalue weighted by atomic mass is 16.2. The van der Waals surface area contributed by atoms with Gasteiger partial charge < -0.3 is 10.2 Å². The lowest BCUT2D eigenvalue weighted by molar-refractivity contribution is -0.126. The van der Waals surface area contributed by atoms with Crippen LogP contribution in [0, 0.1) is 5.92 Å². The Kier molecular flexibility index (Phi) is 5.22. The predicted molar refractivity (Wildman–Crippen MR) is 88.9 cm³/mol. The fourth-order valence-electron chi connectivity index (χ4n) is 2.89. The first-order chi connectivity index (χ1) is 10.4. The summed E-state index contributed by atoms with van der Waals surface area (Å²) in [7, 11) is 0. The normalized spacial score (nSPS) is 19.6. The highest BCUT2D eigenvalue weighted by Crippen LogP contribution is 2.33. The Hall–Kier alpha value is -1.84. The number of carbonyl (C=O) groups is 2. The lowest BCUT2D eigenvalue weighted by Crippen LogP contribution is -2.37. The second kappa shape index (κ2) is 6.95. The van der Waals surface area contributed by atoms with Crippen molar-refractivity contribution in [1.29, 1.82) is 0 Å². The quantitative estimate of drug-likeness (QED) is 0.908. The summed E-state index contributed by atoms with van der Waals surface area (Å²) in [6, 6.07) is 8.13. The second-order valence-corrected chi connectivity index (χ2v) is 6.44. The van der Waals surface area contributed by atoms with Gasteiger partial charge in [-0.2, -0.15) is 0 Å². The van der Waals surface area contributed by atoms with Crippen LogP contribution in [-0.4, -0.2) is 24.4 Å². The van der Waals surface area contributed by atoms with Crippen LogP contribution < -0.4 is 10.2 Å². The minimum Gasteiger partial charge on any atom is -0.354 e. The van der Waals surface area contributed by atoms with E-state index in [1.54, 1.807) is 4.90 Å². The van der Waals surface area contributed by atoms with Gasteiger partial charge in [-0.25, -0.2) is 0 Å². The van der Waals surface area contributed by atoms with E-state index < -0.39 is 0 Å². The maximum atomic E-state index is 12.4. The summed E-state index contributed by atoms with van der Waals surface area (Å²) in [5.74, 6) is 0.166. The first-order valence-electron chi connectivity index (χ1n) is 8.13. The molecule has 2 amide bonds. The molecule has 0 radical (unpaired) electrons. The van der Waals surface area contributed by atoms with E-state index in [-0.39, 0.29) is 23.8 Å². The van der Waals surface area contributed by atoms with E-state index in [0.29, 0.717) is 18.9 Å². The van der Waals surface area contributed by atoms with Crippen LogP contribution in [0.25, 0.3) is 0 Å². The Balaban J connectivity index is 2.20. The summed E-state index contributed by atoms with van der Waals surface area (Å²) >= 11 is 0. The summed E-state index contributed by atoms with van der Waals surface area (Å²) in [6.07, 6.45) is 1.32. The van der Waals surface area contributed by atoms with Crippen molar-refractivity contribution in [2.75, 3.05) is 11.4 Å². The third kappa shape index (κ3) is 3.49. The number of hydrogen-bond donors (Lipinski definition) is 1. The molecule has 1 aromatic carbocycles. The van der Waals surface area contributed by atoms with Gasteiger partial charge in [0.25, 0.3) is 0 Å². The molecule has 1 aromatic rings. The first kappa shape index (κ1) is 16.5. The van der Waals surface area contributed by atoms with E-state index in [1.165, 1.54) is 5.56 Å². The summed E-state index contributed by atoms with van der Waals surface area (Å²) < 4.78 is 0. The van der Waals surface area contributed by atoms with Crippen molar-refractivity contribution in [3.8, 4) is 0 Å². The third-order valence-electron chi connectivity index (χ3n) is 4.30. The van der Waals surface area contributed by atoms with E-state index >= 15 is 0 Å². The van der Waals surface area contributed by atoms with Gasteiger partial charge in [-0.15, -0.1) is 0 Å². The Labute approximate surface area is 132 Å². The van der Waals surface area contributed by atoms with Crippen LogP contribution in [0.4, 0.5) is 5.69 Å². The van der Waals surface area contributed by atoms with Gasteiger partial charge in [-0.3, -0.25) is 9.59 Å². The fraction of sp³-hybridized carbons (Fsp3) is 0.556. The number of rotatable bonds is 5. The van der Waals surface area contributed by atoms with Crippen molar-refractivity contribution < 1.29 is 9.59 Å². The average molecular weight is 302 g/mol. The van der Waals surface area contributed by atoms with E-state index in [4.69, 9.17) is 0 Å². The molecule has 1 N–H and O–H groups in total. The SMILES string of the molecule is CCC(C)c1ccccc1N1CC(C(=O)NC(C)C)CC1=O. The van der Waals surface area contributed by atoms with E-state index in [0.717, 1.165) is 12.1 Å². The minimum atomic E-state index is -0.250. The molecule has 0 saturated carbocycles.